The lowest BCUT2D eigenvalue weighted by molar-refractivity contribution is -0.122. The molecule has 1 nitrogen and oxygen atoms in total. The highest BCUT2D eigenvalue weighted by Gasteiger charge is 2.14. The minimum atomic E-state index is 0.275. The zero-order valence-corrected chi connectivity index (χ0v) is 9.23. The van der Waals surface area contributed by atoms with Crippen molar-refractivity contribution in [1.82, 2.24) is 0 Å². The van der Waals surface area contributed by atoms with Gasteiger partial charge in [-0.2, -0.15) is 0 Å². The van der Waals surface area contributed by atoms with E-state index in [0.717, 1.165) is 18.4 Å². The van der Waals surface area contributed by atoms with Crippen LogP contribution in [0.5, 0.6) is 0 Å². The zero-order chi connectivity index (χ0) is 10.3. The summed E-state index contributed by atoms with van der Waals surface area (Å²) in [5.41, 5.74) is 0.986. The standard InChI is InChI=1S/C12H22O/c1-5-7-8-11(6-2)12(13)9-10(3)4/h11H,3,5-9H2,1-2,4H3. The average Bonchev–Trinajstić information content (AvgIpc) is 2.04. The Morgan fingerprint density at radius 2 is 2.00 bits per heavy atom. The van der Waals surface area contributed by atoms with Crippen LogP contribution in [0.4, 0.5) is 0 Å². The molecule has 76 valence electrons. The molecular formula is C12H22O. The molecule has 0 saturated heterocycles. The molecule has 0 aliphatic heterocycles. The van der Waals surface area contributed by atoms with E-state index in [1.807, 2.05) is 6.92 Å². The number of hydrogen-bond acceptors (Lipinski definition) is 1. The highest BCUT2D eigenvalue weighted by atomic mass is 16.1. The Kier molecular flexibility index (Phi) is 6.56. The topological polar surface area (TPSA) is 17.1 Å². The highest BCUT2D eigenvalue weighted by molar-refractivity contribution is 5.82. The van der Waals surface area contributed by atoms with Gasteiger partial charge in [-0.3, -0.25) is 4.79 Å². The number of carbonyl (C=O) groups is 1. The van der Waals surface area contributed by atoms with Crippen LogP contribution < -0.4 is 0 Å². The van der Waals surface area contributed by atoms with Crippen LogP contribution in [0.2, 0.25) is 0 Å². The number of unbranched alkanes of at least 4 members (excludes halogenated alkanes) is 1. The van der Waals surface area contributed by atoms with Crippen molar-refractivity contribution in [1.29, 1.82) is 0 Å². The highest BCUT2D eigenvalue weighted by Crippen LogP contribution is 2.17. The molecule has 0 spiro atoms. The van der Waals surface area contributed by atoms with E-state index in [9.17, 15) is 4.79 Å². The van der Waals surface area contributed by atoms with E-state index in [4.69, 9.17) is 0 Å². The third kappa shape index (κ3) is 5.62. The second-order valence-electron chi connectivity index (χ2n) is 3.85. The fraction of sp³-hybridized carbons (Fsp3) is 0.750. The Hall–Kier alpha value is -0.590. The molecule has 0 saturated carbocycles. The molecule has 0 aromatic rings. The molecule has 0 radical (unpaired) electrons. The third-order valence-electron chi connectivity index (χ3n) is 2.33. The molecule has 0 bridgehead atoms. The zero-order valence-electron chi connectivity index (χ0n) is 9.23. The fourth-order valence-electron chi connectivity index (χ4n) is 1.49. The maximum Gasteiger partial charge on any atom is 0.139 e. The van der Waals surface area contributed by atoms with Crippen molar-refractivity contribution >= 4 is 5.78 Å². The van der Waals surface area contributed by atoms with Crippen LogP contribution in [0.1, 0.15) is 52.9 Å². The first-order chi connectivity index (χ1) is 6.11. The normalized spacial score (nSPS) is 12.5. The molecule has 0 N–H and O–H groups in total. The van der Waals surface area contributed by atoms with E-state index in [-0.39, 0.29) is 5.92 Å². The molecule has 13 heavy (non-hydrogen) atoms. The van der Waals surface area contributed by atoms with Gasteiger partial charge in [0.05, 0.1) is 0 Å². The lowest BCUT2D eigenvalue weighted by Crippen LogP contribution is -2.13. The molecule has 0 amide bonds. The van der Waals surface area contributed by atoms with E-state index in [2.05, 4.69) is 20.4 Å². The van der Waals surface area contributed by atoms with Crippen molar-refractivity contribution < 1.29 is 4.79 Å². The predicted molar refractivity (Wildman–Crippen MR) is 57.7 cm³/mol. The molecule has 0 aliphatic carbocycles. The minimum absolute atomic E-state index is 0.275. The van der Waals surface area contributed by atoms with E-state index in [1.54, 1.807) is 0 Å². The summed E-state index contributed by atoms with van der Waals surface area (Å²) < 4.78 is 0. The second-order valence-corrected chi connectivity index (χ2v) is 3.85. The summed E-state index contributed by atoms with van der Waals surface area (Å²) in [6.45, 7) is 9.95. The molecule has 0 aromatic carbocycles. The van der Waals surface area contributed by atoms with Gasteiger partial charge in [0.15, 0.2) is 0 Å². The lowest BCUT2D eigenvalue weighted by atomic mass is 9.91. The second kappa shape index (κ2) is 6.88. The monoisotopic (exact) mass is 182 g/mol. The number of rotatable bonds is 7. The Morgan fingerprint density at radius 1 is 1.38 bits per heavy atom. The van der Waals surface area contributed by atoms with E-state index in [0.29, 0.717) is 12.2 Å². The van der Waals surface area contributed by atoms with Crippen molar-refractivity contribution in [3.63, 3.8) is 0 Å². The van der Waals surface area contributed by atoms with E-state index < -0.39 is 0 Å². The van der Waals surface area contributed by atoms with Crippen LogP contribution in [-0.2, 0) is 4.79 Å². The molecule has 1 unspecified atom stereocenters. The smallest absolute Gasteiger partial charge is 0.139 e. The molecule has 0 fully saturated rings. The van der Waals surface area contributed by atoms with Crippen LogP contribution in [0.15, 0.2) is 12.2 Å². The number of ketones is 1. The maximum atomic E-state index is 11.6. The van der Waals surface area contributed by atoms with Crippen molar-refractivity contribution in [3.8, 4) is 0 Å². The molecule has 0 aromatic heterocycles. The Bertz CT molecular complexity index is 170. The number of Topliss-reactive ketones (excluding diaryl/α,β-unsaturated/α-hetero) is 1. The largest absolute Gasteiger partial charge is 0.299 e. The van der Waals surface area contributed by atoms with Gasteiger partial charge in [-0.25, -0.2) is 0 Å². The maximum absolute atomic E-state index is 11.6. The van der Waals surface area contributed by atoms with Crippen molar-refractivity contribution in [2.45, 2.75) is 52.9 Å². The van der Waals surface area contributed by atoms with Crippen molar-refractivity contribution in [2.24, 2.45) is 5.92 Å². The lowest BCUT2D eigenvalue weighted by Gasteiger charge is -2.12. The summed E-state index contributed by atoms with van der Waals surface area (Å²) in [6, 6.07) is 0. The average molecular weight is 182 g/mol. The Balaban J connectivity index is 3.91. The fourth-order valence-corrected chi connectivity index (χ4v) is 1.49. The molecule has 1 heteroatoms. The minimum Gasteiger partial charge on any atom is -0.299 e. The van der Waals surface area contributed by atoms with Crippen LogP contribution in [0.25, 0.3) is 0 Å². The molecule has 0 aliphatic rings. The molecule has 1 atom stereocenters. The number of hydrogen-bond donors (Lipinski definition) is 0. The first-order valence-electron chi connectivity index (χ1n) is 5.28. The summed E-state index contributed by atoms with van der Waals surface area (Å²) >= 11 is 0. The predicted octanol–water partition coefficient (Wildman–Crippen LogP) is 3.74. The summed E-state index contributed by atoms with van der Waals surface area (Å²) in [5.74, 6) is 0.653. The Morgan fingerprint density at radius 3 is 2.38 bits per heavy atom. The van der Waals surface area contributed by atoms with Gasteiger partial charge in [-0.05, 0) is 19.8 Å². The summed E-state index contributed by atoms with van der Waals surface area (Å²) in [7, 11) is 0. The van der Waals surface area contributed by atoms with Crippen LogP contribution in [-0.4, -0.2) is 5.78 Å². The molecule has 0 heterocycles. The molecular weight excluding hydrogens is 160 g/mol. The van der Waals surface area contributed by atoms with Gasteiger partial charge in [0, 0.05) is 12.3 Å². The van der Waals surface area contributed by atoms with Gasteiger partial charge in [-0.15, -0.1) is 0 Å². The SMILES string of the molecule is C=C(C)CC(=O)C(CC)CCCC. The van der Waals surface area contributed by atoms with Gasteiger partial charge in [0.2, 0.25) is 0 Å². The van der Waals surface area contributed by atoms with Gasteiger partial charge in [0.25, 0.3) is 0 Å². The van der Waals surface area contributed by atoms with Crippen LogP contribution >= 0.6 is 0 Å². The first kappa shape index (κ1) is 12.4. The van der Waals surface area contributed by atoms with Gasteiger partial charge < -0.3 is 0 Å². The van der Waals surface area contributed by atoms with Crippen LogP contribution in [0.3, 0.4) is 0 Å². The quantitative estimate of drug-likeness (QED) is 0.548. The van der Waals surface area contributed by atoms with Gasteiger partial charge in [0.1, 0.15) is 5.78 Å². The summed E-state index contributed by atoms with van der Waals surface area (Å²) in [5, 5.41) is 0. The van der Waals surface area contributed by atoms with E-state index in [1.165, 1.54) is 12.8 Å². The third-order valence-corrected chi connectivity index (χ3v) is 2.33. The first-order valence-corrected chi connectivity index (χ1v) is 5.28. The number of carbonyl (C=O) groups excluding carboxylic acids is 1. The summed E-state index contributed by atoms with van der Waals surface area (Å²) in [6.07, 6.45) is 4.95. The van der Waals surface area contributed by atoms with Gasteiger partial charge >= 0.3 is 0 Å². The van der Waals surface area contributed by atoms with Crippen LogP contribution in [0, 0.1) is 5.92 Å². The van der Waals surface area contributed by atoms with Crippen molar-refractivity contribution in [2.75, 3.05) is 0 Å². The molecule has 0 rings (SSSR count). The van der Waals surface area contributed by atoms with Gasteiger partial charge in [-0.1, -0.05) is 38.8 Å². The van der Waals surface area contributed by atoms with E-state index >= 15 is 0 Å². The number of allylic oxidation sites excluding steroid dienone is 1. The Labute approximate surface area is 82.2 Å². The summed E-state index contributed by atoms with van der Waals surface area (Å²) in [4.78, 5) is 11.6. The van der Waals surface area contributed by atoms with Crippen molar-refractivity contribution in [3.05, 3.63) is 12.2 Å².